The Kier molecular flexibility index (Phi) is 6.05. The molecule has 3 rings (SSSR count). The summed E-state index contributed by atoms with van der Waals surface area (Å²) in [6.45, 7) is 6.98. The lowest BCUT2D eigenvalue weighted by atomic mass is 10.1. The number of hydrogen-bond acceptors (Lipinski definition) is 5. The molecule has 3 heterocycles. The molecule has 0 spiro atoms. The van der Waals surface area contributed by atoms with Crippen LogP contribution < -0.4 is 16.3 Å². The van der Waals surface area contributed by atoms with Crippen LogP contribution >= 0.6 is 0 Å². The zero-order valence-corrected chi connectivity index (χ0v) is 17.7. The number of fused-ring (bicyclic) bond motifs is 3. The van der Waals surface area contributed by atoms with Gasteiger partial charge in [0, 0.05) is 20.6 Å². The van der Waals surface area contributed by atoms with E-state index in [0.717, 1.165) is 29.7 Å². The van der Waals surface area contributed by atoms with Gasteiger partial charge in [-0.25, -0.2) is 9.80 Å². The molecule has 0 amide bonds. The van der Waals surface area contributed by atoms with Crippen LogP contribution in [-0.4, -0.2) is 30.9 Å². The van der Waals surface area contributed by atoms with E-state index < -0.39 is 0 Å². The Morgan fingerprint density at radius 2 is 1.61 bits per heavy atom. The summed E-state index contributed by atoms with van der Waals surface area (Å²) in [4.78, 5) is 29.8. The van der Waals surface area contributed by atoms with Gasteiger partial charge in [-0.2, -0.15) is 10.1 Å². The van der Waals surface area contributed by atoms with Crippen molar-refractivity contribution in [2.45, 2.75) is 71.8 Å². The molecule has 154 valence electrons. The van der Waals surface area contributed by atoms with Crippen molar-refractivity contribution < 1.29 is 0 Å². The molecule has 2 aromatic rings. The van der Waals surface area contributed by atoms with Crippen LogP contribution in [0, 0.1) is 0 Å². The van der Waals surface area contributed by atoms with E-state index in [1.807, 2.05) is 23.4 Å². The van der Waals surface area contributed by atoms with Crippen LogP contribution in [0.5, 0.6) is 0 Å². The third-order valence-electron chi connectivity index (χ3n) is 5.75. The Hall–Kier alpha value is -2.38. The van der Waals surface area contributed by atoms with Crippen LogP contribution in [0.3, 0.4) is 0 Å². The van der Waals surface area contributed by atoms with Crippen LogP contribution in [-0.2, 0) is 14.1 Å². The second kappa shape index (κ2) is 8.32. The lowest BCUT2D eigenvalue weighted by molar-refractivity contribution is 0.571. The third kappa shape index (κ3) is 3.52. The van der Waals surface area contributed by atoms with E-state index in [4.69, 9.17) is 5.10 Å². The molecule has 0 saturated carbocycles. The second-order valence-electron chi connectivity index (χ2n) is 7.82. The number of hydrazone groups is 1. The molecule has 1 atom stereocenters. The van der Waals surface area contributed by atoms with Gasteiger partial charge in [0.15, 0.2) is 11.2 Å². The second-order valence-corrected chi connectivity index (χ2v) is 7.82. The zero-order chi connectivity index (χ0) is 20.4. The summed E-state index contributed by atoms with van der Waals surface area (Å²) >= 11 is 0. The molecule has 0 saturated heterocycles. The molecule has 1 aliphatic rings. The number of anilines is 1. The predicted octanol–water partition coefficient (Wildman–Crippen LogP) is 2.94. The largest absolute Gasteiger partial charge is 0.332 e. The number of nitrogens with zero attached hydrogens (tertiary/aromatic N) is 6. The van der Waals surface area contributed by atoms with Crippen molar-refractivity contribution in [3.05, 3.63) is 20.8 Å². The molecule has 0 fully saturated rings. The zero-order valence-electron chi connectivity index (χ0n) is 17.7. The average molecular weight is 389 g/mol. The fraction of sp³-hybridized carbons (Fsp3) is 0.700. The Labute approximate surface area is 165 Å². The summed E-state index contributed by atoms with van der Waals surface area (Å²) in [7, 11) is 3.16. The summed E-state index contributed by atoms with van der Waals surface area (Å²) in [5, 5.41) is 6.62. The Bertz CT molecular complexity index is 997. The van der Waals surface area contributed by atoms with Crippen LogP contribution in [0.1, 0.15) is 71.8 Å². The molecular formula is C20H32N6O2. The van der Waals surface area contributed by atoms with E-state index in [2.05, 4.69) is 11.9 Å². The smallest absolute Gasteiger partial charge is 0.294 e. The highest BCUT2D eigenvalue weighted by atomic mass is 16.2. The summed E-state index contributed by atoms with van der Waals surface area (Å²) in [6, 6.07) is -0.0736. The van der Waals surface area contributed by atoms with E-state index in [1.54, 1.807) is 7.05 Å². The van der Waals surface area contributed by atoms with Gasteiger partial charge in [-0.15, -0.1) is 0 Å². The standard InChI is InChI=1S/C20H32N6O2/c1-6-7-8-9-10-11-12-13-25-19-21-17-16(26(19)15(3)14(2)22-25)18(27)24(5)20(28)23(17)4/h15H,6-13H2,1-5H3/t15-/m1/s1. The van der Waals surface area contributed by atoms with Crippen molar-refractivity contribution in [1.29, 1.82) is 0 Å². The van der Waals surface area contributed by atoms with Crippen molar-refractivity contribution in [3.63, 3.8) is 0 Å². The molecule has 1 aliphatic heterocycles. The maximum atomic E-state index is 12.8. The van der Waals surface area contributed by atoms with E-state index in [1.165, 1.54) is 43.7 Å². The maximum Gasteiger partial charge on any atom is 0.332 e. The molecule has 0 unspecified atom stereocenters. The van der Waals surface area contributed by atoms with Gasteiger partial charge in [0.05, 0.1) is 11.8 Å². The van der Waals surface area contributed by atoms with Crippen molar-refractivity contribution in [2.24, 2.45) is 19.2 Å². The molecular weight excluding hydrogens is 356 g/mol. The van der Waals surface area contributed by atoms with E-state index >= 15 is 0 Å². The molecule has 0 aromatic carbocycles. The fourth-order valence-corrected chi connectivity index (χ4v) is 3.83. The lowest BCUT2D eigenvalue weighted by Crippen LogP contribution is -2.38. The number of aromatic nitrogens is 4. The van der Waals surface area contributed by atoms with Gasteiger partial charge in [-0.1, -0.05) is 45.4 Å². The number of hydrogen-bond donors (Lipinski definition) is 0. The predicted molar refractivity (Wildman–Crippen MR) is 113 cm³/mol. The van der Waals surface area contributed by atoms with Gasteiger partial charge < -0.3 is 0 Å². The molecule has 0 N–H and O–H groups in total. The number of aryl methyl sites for hydroxylation is 1. The monoisotopic (exact) mass is 388 g/mol. The van der Waals surface area contributed by atoms with Gasteiger partial charge in [0.1, 0.15) is 0 Å². The van der Waals surface area contributed by atoms with Crippen molar-refractivity contribution in [3.8, 4) is 0 Å². The molecule has 0 bridgehead atoms. The van der Waals surface area contributed by atoms with Crippen molar-refractivity contribution >= 4 is 22.8 Å². The molecule has 2 aromatic heterocycles. The summed E-state index contributed by atoms with van der Waals surface area (Å²) in [5.74, 6) is 0.650. The normalized spacial score (nSPS) is 16.5. The molecule has 0 radical (unpaired) electrons. The highest BCUT2D eigenvalue weighted by molar-refractivity contribution is 5.90. The maximum absolute atomic E-state index is 12.8. The van der Waals surface area contributed by atoms with Crippen LogP contribution in [0.4, 0.5) is 5.95 Å². The van der Waals surface area contributed by atoms with Crippen LogP contribution in [0.2, 0.25) is 0 Å². The highest BCUT2D eigenvalue weighted by Gasteiger charge is 2.29. The summed E-state index contributed by atoms with van der Waals surface area (Å²) < 4.78 is 4.52. The van der Waals surface area contributed by atoms with Crippen molar-refractivity contribution in [1.82, 2.24) is 18.7 Å². The number of unbranched alkanes of at least 4 members (excludes halogenated alkanes) is 6. The van der Waals surface area contributed by atoms with E-state index in [0.29, 0.717) is 17.1 Å². The summed E-state index contributed by atoms with van der Waals surface area (Å²) in [5.41, 5.74) is 1.15. The van der Waals surface area contributed by atoms with Gasteiger partial charge in [-0.05, 0) is 20.3 Å². The van der Waals surface area contributed by atoms with Gasteiger partial charge in [-0.3, -0.25) is 18.5 Å². The van der Waals surface area contributed by atoms with Gasteiger partial charge in [0.25, 0.3) is 5.56 Å². The van der Waals surface area contributed by atoms with Gasteiger partial charge >= 0.3 is 5.69 Å². The van der Waals surface area contributed by atoms with Crippen molar-refractivity contribution in [2.75, 3.05) is 11.6 Å². The Morgan fingerprint density at radius 1 is 0.964 bits per heavy atom. The fourth-order valence-electron chi connectivity index (χ4n) is 3.83. The molecule has 8 nitrogen and oxygen atoms in total. The van der Waals surface area contributed by atoms with Gasteiger partial charge in [0.2, 0.25) is 5.95 Å². The molecule has 0 aliphatic carbocycles. The average Bonchev–Trinajstić information content (AvgIpc) is 3.09. The first-order valence-corrected chi connectivity index (χ1v) is 10.4. The first-order valence-electron chi connectivity index (χ1n) is 10.4. The summed E-state index contributed by atoms with van der Waals surface area (Å²) in [6.07, 6.45) is 8.58. The van der Waals surface area contributed by atoms with Crippen LogP contribution in [0.15, 0.2) is 14.7 Å². The molecule has 28 heavy (non-hydrogen) atoms. The quantitative estimate of drug-likeness (QED) is 0.652. The highest BCUT2D eigenvalue weighted by Crippen LogP contribution is 2.29. The Balaban J connectivity index is 1.88. The van der Waals surface area contributed by atoms with E-state index in [-0.39, 0.29) is 17.3 Å². The topological polar surface area (TPSA) is 77.4 Å². The van der Waals surface area contributed by atoms with E-state index in [9.17, 15) is 9.59 Å². The molecule has 8 heteroatoms. The Morgan fingerprint density at radius 3 is 2.29 bits per heavy atom. The van der Waals surface area contributed by atoms with Crippen LogP contribution in [0.25, 0.3) is 11.2 Å². The first kappa shape index (κ1) is 20.4. The minimum absolute atomic E-state index is 0.0736. The first-order chi connectivity index (χ1) is 13.4. The lowest BCUT2D eigenvalue weighted by Gasteiger charge is -2.29. The number of imidazole rings is 1. The minimum atomic E-state index is -0.364. The number of rotatable bonds is 8. The minimum Gasteiger partial charge on any atom is -0.294 e. The third-order valence-corrected chi connectivity index (χ3v) is 5.75. The SMILES string of the molecule is CCCCCCCCCN1N=C(C)[C@@H](C)n2c1nc1c2c(=O)n(C)c(=O)n1C.